The molecule has 0 aliphatic carbocycles. The number of benzene rings is 4. The van der Waals surface area contributed by atoms with Gasteiger partial charge in [0.05, 0.1) is 16.8 Å². The van der Waals surface area contributed by atoms with E-state index in [1.54, 1.807) is 60.7 Å². The van der Waals surface area contributed by atoms with Gasteiger partial charge in [0, 0.05) is 5.02 Å². The van der Waals surface area contributed by atoms with E-state index < -0.39 is 22.5 Å². The van der Waals surface area contributed by atoms with Crippen LogP contribution in [0.25, 0.3) is 0 Å². The van der Waals surface area contributed by atoms with Crippen LogP contribution < -0.4 is 14.5 Å². The average molecular weight is 520 g/mol. The number of anilines is 1. The molecule has 0 bridgehead atoms. The monoisotopic (exact) mass is 519 g/mol. The minimum atomic E-state index is -4.03. The lowest BCUT2D eigenvalue weighted by Gasteiger charge is -2.23. The van der Waals surface area contributed by atoms with Gasteiger partial charge in [-0.3, -0.25) is 9.10 Å². The largest absolute Gasteiger partial charge is 0.457 e. The second kappa shape index (κ2) is 11.5. The molecule has 7 nitrogen and oxygen atoms in total. The molecular formula is C27H22ClN3O4S. The molecule has 0 saturated heterocycles. The molecule has 1 amide bonds. The first-order valence-electron chi connectivity index (χ1n) is 10.9. The highest BCUT2D eigenvalue weighted by Gasteiger charge is 2.27. The standard InChI is InChI=1S/C27H22ClN3O4S/c28-22-10-8-11-23(18-22)31(36(33,34)26-15-5-2-6-16-26)20-27(32)30-29-19-21-9-7-14-25(17-21)35-24-12-3-1-4-13-24/h1-19H,20H2,(H,30,32)/b29-19+. The molecule has 0 radical (unpaired) electrons. The van der Waals surface area contributed by atoms with Crippen molar-refractivity contribution in [1.82, 2.24) is 5.43 Å². The minimum Gasteiger partial charge on any atom is -0.457 e. The Bertz CT molecular complexity index is 1460. The van der Waals surface area contributed by atoms with Crippen LogP contribution in [0.1, 0.15) is 5.56 Å². The first kappa shape index (κ1) is 25.0. The fraction of sp³-hybridized carbons (Fsp3) is 0.0370. The molecule has 0 spiro atoms. The first-order chi connectivity index (χ1) is 17.4. The number of hydrazone groups is 1. The third kappa shape index (κ3) is 6.50. The minimum absolute atomic E-state index is 0.0523. The van der Waals surface area contributed by atoms with E-state index in [1.165, 1.54) is 24.4 Å². The number of carbonyl (C=O) groups is 1. The predicted molar refractivity (Wildman–Crippen MR) is 141 cm³/mol. The van der Waals surface area contributed by atoms with Crippen LogP contribution >= 0.6 is 11.6 Å². The zero-order chi connectivity index (χ0) is 25.4. The fourth-order valence-corrected chi connectivity index (χ4v) is 4.91. The van der Waals surface area contributed by atoms with Crippen molar-refractivity contribution in [3.8, 4) is 11.5 Å². The van der Waals surface area contributed by atoms with Crippen LogP contribution in [0.3, 0.4) is 0 Å². The molecule has 0 fully saturated rings. The second-order valence-electron chi connectivity index (χ2n) is 7.59. The van der Waals surface area contributed by atoms with E-state index >= 15 is 0 Å². The van der Waals surface area contributed by atoms with Gasteiger partial charge in [0.2, 0.25) is 0 Å². The number of amides is 1. The summed E-state index contributed by atoms with van der Waals surface area (Å²) in [6, 6.07) is 30.7. The van der Waals surface area contributed by atoms with Gasteiger partial charge in [0.25, 0.3) is 15.9 Å². The van der Waals surface area contributed by atoms with E-state index in [9.17, 15) is 13.2 Å². The third-order valence-corrected chi connectivity index (χ3v) is 6.98. The van der Waals surface area contributed by atoms with Crippen LogP contribution in [0, 0.1) is 0 Å². The molecule has 0 atom stereocenters. The maximum atomic E-state index is 13.3. The number of carbonyl (C=O) groups excluding carboxylic acids is 1. The van der Waals surface area contributed by atoms with Gasteiger partial charge in [-0.15, -0.1) is 0 Å². The Morgan fingerprint density at radius 1 is 0.861 bits per heavy atom. The summed E-state index contributed by atoms with van der Waals surface area (Å²) in [5.74, 6) is 0.681. The van der Waals surface area contributed by atoms with E-state index in [-0.39, 0.29) is 10.6 Å². The lowest BCUT2D eigenvalue weighted by molar-refractivity contribution is -0.119. The van der Waals surface area contributed by atoms with Crippen LogP contribution in [-0.2, 0) is 14.8 Å². The highest BCUT2D eigenvalue weighted by molar-refractivity contribution is 7.92. The molecule has 0 aliphatic heterocycles. The molecule has 0 unspecified atom stereocenters. The fourth-order valence-electron chi connectivity index (χ4n) is 3.29. The second-order valence-corrected chi connectivity index (χ2v) is 9.88. The van der Waals surface area contributed by atoms with Crippen molar-refractivity contribution in [3.63, 3.8) is 0 Å². The topological polar surface area (TPSA) is 88.1 Å². The predicted octanol–water partition coefficient (Wildman–Crippen LogP) is 5.48. The summed E-state index contributed by atoms with van der Waals surface area (Å²) in [5.41, 5.74) is 3.34. The number of nitrogens with zero attached hydrogens (tertiary/aromatic N) is 2. The summed E-state index contributed by atoms with van der Waals surface area (Å²) in [6.45, 7) is -0.494. The van der Waals surface area contributed by atoms with Crippen LogP contribution in [0.5, 0.6) is 11.5 Å². The molecule has 0 aliphatic rings. The van der Waals surface area contributed by atoms with Crippen LogP contribution in [0.4, 0.5) is 5.69 Å². The molecular weight excluding hydrogens is 498 g/mol. The van der Waals surface area contributed by atoms with Crippen LogP contribution in [-0.4, -0.2) is 27.1 Å². The van der Waals surface area contributed by atoms with Gasteiger partial charge in [-0.1, -0.05) is 66.2 Å². The Hall–Kier alpha value is -4.14. The summed E-state index contributed by atoms with van der Waals surface area (Å²) in [4.78, 5) is 12.8. The van der Waals surface area contributed by atoms with Gasteiger partial charge < -0.3 is 4.74 Å². The number of nitrogens with one attached hydrogen (secondary N) is 1. The lowest BCUT2D eigenvalue weighted by Crippen LogP contribution is -2.39. The number of hydrogen-bond donors (Lipinski definition) is 1. The first-order valence-corrected chi connectivity index (χ1v) is 12.7. The number of rotatable bonds is 9. The summed E-state index contributed by atoms with van der Waals surface area (Å²) in [6.07, 6.45) is 1.45. The molecule has 0 heterocycles. The summed E-state index contributed by atoms with van der Waals surface area (Å²) >= 11 is 6.08. The normalized spacial score (nSPS) is 11.2. The highest BCUT2D eigenvalue weighted by atomic mass is 35.5. The number of ether oxygens (including phenoxy) is 1. The highest BCUT2D eigenvalue weighted by Crippen LogP contribution is 2.26. The Balaban J connectivity index is 1.48. The van der Waals surface area contributed by atoms with Gasteiger partial charge >= 0.3 is 0 Å². The van der Waals surface area contributed by atoms with Gasteiger partial charge in [0.1, 0.15) is 18.0 Å². The quantitative estimate of drug-likeness (QED) is 0.234. The van der Waals surface area contributed by atoms with Gasteiger partial charge in [-0.25, -0.2) is 13.8 Å². The van der Waals surface area contributed by atoms with Crippen LogP contribution in [0.2, 0.25) is 5.02 Å². The van der Waals surface area contributed by atoms with Gasteiger partial charge in [0.15, 0.2) is 0 Å². The van der Waals surface area contributed by atoms with Crippen LogP contribution in [0.15, 0.2) is 119 Å². The van der Waals surface area contributed by atoms with Crippen molar-refractivity contribution in [2.75, 3.05) is 10.8 Å². The molecule has 36 heavy (non-hydrogen) atoms. The van der Waals surface area contributed by atoms with Gasteiger partial charge in [-0.05, 0) is 60.2 Å². The van der Waals surface area contributed by atoms with E-state index in [0.29, 0.717) is 22.1 Å². The zero-order valence-electron chi connectivity index (χ0n) is 19.0. The Morgan fingerprint density at radius 3 is 2.25 bits per heavy atom. The number of sulfonamides is 1. The average Bonchev–Trinajstić information content (AvgIpc) is 2.88. The smallest absolute Gasteiger partial charge is 0.264 e. The van der Waals surface area contributed by atoms with Crippen molar-refractivity contribution >= 4 is 39.4 Å². The Morgan fingerprint density at radius 2 is 1.53 bits per heavy atom. The van der Waals surface area contributed by atoms with E-state index in [2.05, 4.69) is 10.5 Å². The zero-order valence-corrected chi connectivity index (χ0v) is 20.6. The van der Waals surface area contributed by atoms with Crippen molar-refractivity contribution < 1.29 is 17.9 Å². The van der Waals surface area contributed by atoms with Crippen molar-refractivity contribution in [2.24, 2.45) is 5.10 Å². The molecule has 4 aromatic carbocycles. The lowest BCUT2D eigenvalue weighted by atomic mass is 10.2. The molecule has 182 valence electrons. The summed E-state index contributed by atoms with van der Waals surface area (Å²) in [7, 11) is -4.03. The summed E-state index contributed by atoms with van der Waals surface area (Å²) in [5, 5.41) is 4.33. The van der Waals surface area contributed by atoms with Crippen molar-refractivity contribution in [3.05, 3.63) is 120 Å². The number of halogens is 1. The number of hydrogen-bond acceptors (Lipinski definition) is 5. The SMILES string of the molecule is O=C(CN(c1cccc(Cl)c1)S(=O)(=O)c1ccccc1)N/N=C/c1cccc(Oc2ccccc2)c1. The maximum absolute atomic E-state index is 13.3. The van der Waals surface area contributed by atoms with Gasteiger partial charge in [-0.2, -0.15) is 5.10 Å². The van der Waals surface area contributed by atoms with E-state index in [0.717, 1.165) is 4.31 Å². The maximum Gasteiger partial charge on any atom is 0.264 e. The van der Waals surface area contributed by atoms with E-state index in [1.807, 2.05) is 30.3 Å². The molecule has 9 heteroatoms. The third-order valence-electron chi connectivity index (χ3n) is 4.95. The Labute approximate surface area is 214 Å². The molecule has 0 saturated carbocycles. The Kier molecular flexibility index (Phi) is 7.99. The molecule has 4 rings (SSSR count). The van der Waals surface area contributed by atoms with Crippen molar-refractivity contribution in [1.29, 1.82) is 0 Å². The number of para-hydroxylation sites is 1. The van der Waals surface area contributed by atoms with Crippen molar-refractivity contribution in [2.45, 2.75) is 4.90 Å². The summed E-state index contributed by atoms with van der Waals surface area (Å²) < 4.78 is 33.4. The molecule has 4 aromatic rings. The van der Waals surface area contributed by atoms with E-state index in [4.69, 9.17) is 16.3 Å². The molecule has 0 aromatic heterocycles. The molecule has 1 N–H and O–H groups in total.